The second-order valence-electron chi connectivity index (χ2n) is 13.8. The standard InChI is InChI=1S/C6H14.4C5H10.2C5H12.C4H10.4CH3.12BrH.4Ti/c1-3-5-6-4-2;4*1-2-4-5-3-1;1-4-5(2)3;1-3-5-4-2;1-3-4-2;;;;;;;;;;;;;;;;;;;;/h3-6H2,1-2H3;4*1-5H2;5H,4H2,1-3H3;3-5H2,1-2H3;3-4H2,1-2H3;4*1H3;12*1H;;;;/q;;;;;;;;4*-1;;;;;;;;;;;;;4*+4/p-12. The molecule has 4 aliphatic rings. The van der Waals surface area contributed by atoms with Crippen LogP contribution in [0, 0.1) is 35.6 Å². The quantitative estimate of drug-likeness (QED) is 0.135. The third-order valence-corrected chi connectivity index (χ3v) is 7.98. The second kappa shape index (κ2) is 104. The van der Waals surface area contributed by atoms with E-state index in [4.69, 9.17) is 0 Å². The van der Waals surface area contributed by atoms with Crippen LogP contribution < -0.4 is 0 Å². The average Bonchev–Trinajstić information content (AvgIpc) is 3.98. The van der Waals surface area contributed by atoms with Crippen molar-refractivity contribution in [3.63, 3.8) is 0 Å². The van der Waals surface area contributed by atoms with Gasteiger partial charge in [0.05, 0.1) is 0 Å². The van der Waals surface area contributed by atoms with Gasteiger partial charge in [-0.15, -0.1) is 0 Å². The summed E-state index contributed by atoms with van der Waals surface area (Å²) in [4.78, 5) is 0. The third-order valence-electron chi connectivity index (χ3n) is 7.98. The summed E-state index contributed by atoms with van der Waals surface area (Å²) < 4.78 is 0. The van der Waals surface area contributed by atoms with Crippen molar-refractivity contribution in [3.05, 3.63) is 29.7 Å². The molecule has 0 nitrogen and oxygen atoms in total. The van der Waals surface area contributed by atoms with Gasteiger partial charge in [0.15, 0.2) is 0 Å². The van der Waals surface area contributed by atoms with Crippen LogP contribution in [-0.2, 0) is 46.3 Å². The molecule has 0 amide bonds. The fourth-order valence-electron chi connectivity index (χ4n) is 4.39. The topological polar surface area (TPSA) is 0 Å². The van der Waals surface area contributed by atoms with Gasteiger partial charge in [-0.05, 0) is 5.92 Å². The SMILES string of the molecule is C1CCCC1.C1CCCC1.C1CCCC1.C1CCCC1.CCC(C)C.CCCC.CCCCC.CCCCCC.[Br][Ti+]([Br])[Br].[Br][Ti+]([Br])[Br].[Br][Ti+]([Br])[Br].[Br][Ti+]([Br])[Br].[CH3-].[CH3-].[CH3-].[CH3-]. The summed E-state index contributed by atoms with van der Waals surface area (Å²) in [6.07, 6.45) is 43.6. The van der Waals surface area contributed by atoms with Gasteiger partial charge >= 0.3 is 204 Å². The fraction of sp³-hybridized carbons (Fsp3) is 0.909. The Morgan fingerprint density at radius 2 is 0.367 bits per heavy atom. The molecule has 60 heavy (non-hydrogen) atoms. The molecule has 16 heteroatoms. The maximum Gasteiger partial charge on any atom is -0.358 e. The van der Waals surface area contributed by atoms with Gasteiger partial charge in [-0.3, -0.25) is 0 Å². The summed E-state index contributed by atoms with van der Waals surface area (Å²) >= 11 is 35.7. The van der Waals surface area contributed by atoms with E-state index < -0.39 is 46.3 Å². The van der Waals surface area contributed by atoms with E-state index >= 15 is 0 Å². The van der Waals surface area contributed by atoms with E-state index in [2.05, 4.69) is 220 Å². The summed E-state index contributed by atoms with van der Waals surface area (Å²) in [7, 11) is 0. The van der Waals surface area contributed by atoms with Gasteiger partial charge in [0.1, 0.15) is 0 Å². The normalized spacial score (nSPS) is 12.7. The number of hydrogen-bond donors (Lipinski definition) is 0. The Bertz CT molecular complexity index is 418. The Morgan fingerprint density at radius 3 is 0.400 bits per heavy atom. The largest absolute Gasteiger partial charge is 0.358 e. The van der Waals surface area contributed by atoms with E-state index in [-0.39, 0.29) is 29.7 Å². The van der Waals surface area contributed by atoms with Gasteiger partial charge in [-0.1, -0.05) is 255 Å². The number of halogens is 12. The molecule has 0 unspecified atom stereocenters. The predicted octanol–water partition coefficient (Wildman–Crippen LogP) is 28.4. The monoisotopic (exact) mass is 1770 g/mol. The Kier molecular flexibility index (Phi) is 170. The molecule has 0 aliphatic heterocycles. The van der Waals surface area contributed by atoms with Gasteiger partial charge in [-0.25, -0.2) is 0 Å². The summed E-state index contributed by atoms with van der Waals surface area (Å²) in [5.74, 6) is 0.884. The maximum atomic E-state index is 3.27. The molecule has 0 aromatic heterocycles. The van der Waals surface area contributed by atoms with Gasteiger partial charge in [-0.2, -0.15) is 0 Å². The summed E-state index contributed by atoms with van der Waals surface area (Å²) in [5.41, 5.74) is 0. The minimum atomic E-state index is -0.896. The zero-order valence-electron chi connectivity index (χ0n) is 41.3. The molecule has 4 aliphatic carbocycles. The van der Waals surface area contributed by atoms with Crippen LogP contribution in [0.2, 0.25) is 0 Å². The van der Waals surface area contributed by atoms with Crippen LogP contribution in [0.5, 0.6) is 0 Å². The van der Waals surface area contributed by atoms with Crippen LogP contribution in [-0.4, -0.2) is 0 Å². The molecule has 0 radical (unpaired) electrons. The Morgan fingerprint density at radius 1 is 0.267 bits per heavy atom. The first-order valence-corrected chi connectivity index (χ1v) is 68.1. The van der Waals surface area contributed by atoms with Gasteiger partial charge < -0.3 is 29.7 Å². The first-order chi connectivity index (χ1) is 26.4. The second-order valence-corrected chi connectivity index (χ2v) is 108. The maximum absolute atomic E-state index is 3.27. The predicted molar refractivity (Wildman–Crippen MR) is 326 cm³/mol. The number of hydrogen-bond acceptors (Lipinski definition) is 0. The first kappa shape index (κ1) is 97.9. The molecule has 4 rings (SSSR count). The van der Waals surface area contributed by atoms with Crippen LogP contribution in [0.3, 0.4) is 0 Å². The third kappa shape index (κ3) is 214. The van der Waals surface area contributed by atoms with E-state index in [1.54, 1.807) is 0 Å². The molecular formula is C44H100Br12Ti4. The summed E-state index contributed by atoms with van der Waals surface area (Å²) in [6.45, 7) is 19.9. The van der Waals surface area contributed by atoms with Crippen molar-refractivity contribution in [3.8, 4) is 0 Å². The van der Waals surface area contributed by atoms with E-state index in [0.29, 0.717) is 0 Å². The van der Waals surface area contributed by atoms with Crippen molar-refractivity contribution >= 4 is 158 Å². The van der Waals surface area contributed by atoms with Gasteiger partial charge in [0, 0.05) is 0 Å². The average molecular weight is 1780 g/mol. The molecule has 0 heterocycles. The van der Waals surface area contributed by atoms with E-state index in [0.717, 1.165) is 5.92 Å². The van der Waals surface area contributed by atoms with E-state index in [9.17, 15) is 0 Å². The van der Waals surface area contributed by atoms with Crippen molar-refractivity contribution in [2.24, 2.45) is 5.92 Å². The van der Waals surface area contributed by atoms with Crippen molar-refractivity contribution in [1.82, 2.24) is 0 Å². The molecule has 0 saturated heterocycles. The first-order valence-electron chi connectivity index (χ1n) is 21.8. The molecule has 0 N–H and O–H groups in total. The zero-order chi connectivity index (χ0) is 45.1. The molecule has 4 fully saturated rings. The minimum Gasteiger partial charge on any atom is -0.358 e. The van der Waals surface area contributed by atoms with Crippen LogP contribution >= 0.6 is 158 Å². The molecule has 0 aromatic rings. The fourth-order valence-corrected chi connectivity index (χ4v) is 4.39. The van der Waals surface area contributed by atoms with Crippen molar-refractivity contribution < 1.29 is 46.3 Å². The van der Waals surface area contributed by atoms with Crippen LogP contribution in [0.25, 0.3) is 0 Å². The van der Waals surface area contributed by atoms with E-state index in [1.807, 2.05) is 0 Å². The van der Waals surface area contributed by atoms with Crippen LogP contribution in [0.1, 0.15) is 255 Å². The van der Waals surface area contributed by atoms with Crippen molar-refractivity contribution in [1.29, 1.82) is 0 Å². The van der Waals surface area contributed by atoms with Gasteiger partial charge in [0.2, 0.25) is 0 Å². The Hall–Kier alpha value is 8.62. The molecule has 376 valence electrons. The smallest absolute Gasteiger partial charge is 0.358 e. The molecule has 0 atom stereocenters. The van der Waals surface area contributed by atoms with Crippen molar-refractivity contribution in [2.75, 3.05) is 0 Å². The number of rotatable bonds is 7. The zero-order valence-corrected chi connectivity index (χ0v) is 66.6. The molecule has 4 saturated carbocycles. The summed E-state index contributed by atoms with van der Waals surface area (Å²) in [6, 6.07) is 0. The Labute approximate surface area is 485 Å². The number of unbranched alkanes of at least 4 members (excludes halogenated alkanes) is 6. The van der Waals surface area contributed by atoms with Gasteiger partial charge in [0.25, 0.3) is 0 Å². The van der Waals surface area contributed by atoms with Crippen LogP contribution in [0.15, 0.2) is 0 Å². The Balaban J connectivity index is -0.0000000417. The molecule has 0 aromatic carbocycles. The minimum absolute atomic E-state index is 0. The summed E-state index contributed by atoms with van der Waals surface area (Å²) in [5, 5.41) is 0. The van der Waals surface area contributed by atoms with E-state index in [1.165, 1.54) is 193 Å². The molecule has 0 bridgehead atoms. The van der Waals surface area contributed by atoms with Crippen molar-refractivity contribution in [2.45, 2.75) is 255 Å². The molecule has 0 spiro atoms. The molecular weight excluding hydrogens is 1680 g/mol. The van der Waals surface area contributed by atoms with Crippen LogP contribution in [0.4, 0.5) is 0 Å².